The lowest BCUT2D eigenvalue weighted by molar-refractivity contribution is 0.511. The highest BCUT2D eigenvalue weighted by Gasteiger charge is 2.06. The Morgan fingerprint density at radius 1 is 1.17 bits per heavy atom. The van der Waals surface area contributed by atoms with Crippen LogP contribution in [0, 0.1) is 0 Å². The molecule has 1 rings (SSSR count). The lowest BCUT2D eigenvalue weighted by atomic mass is 10.3. The molecule has 1 unspecified atom stereocenters. The number of hydrogen-bond acceptors (Lipinski definition) is 2. The lowest BCUT2D eigenvalue weighted by Crippen LogP contribution is -1.76. The van der Waals surface area contributed by atoms with Crippen LogP contribution in [0.5, 0.6) is 5.75 Å². The van der Waals surface area contributed by atoms with Gasteiger partial charge in [0.05, 0.1) is 0 Å². The largest absolute Gasteiger partial charge is 0.552 e. The molecule has 0 saturated heterocycles. The second-order valence-electron chi connectivity index (χ2n) is 1.84. The fraction of sp³-hybridized carbons (Fsp3) is 0.333. The van der Waals surface area contributed by atoms with Crippen LogP contribution in [-0.2, 0) is 4.57 Å². The summed E-state index contributed by atoms with van der Waals surface area (Å²) in [7, 11) is -1.53. The van der Waals surface area contributed by atoms with Gasteiger partial charge in [0.25, 0.3) is 0 Å². The molecule has 0 aliphatic carbocycles. The van der Waals surface area contributed by atoms with Crippen molar-refractivity contribution < 1.29 is 9.09 Å². The van der Waals surface area contributed by atoms with Gasteiger partial charge in [-0.1, -0.05) is 32.0 Å². The Bertz CT molecular complexity index is 221. The predicted octanol–water partition coefficient (Wildman–Crippen LogP) is 3.46. The monoisotopic (exact) mass is 185 g/mol. The Morgan fingerprint density at radius 2 is 1.67 bits per heavy atom. The molecule has 66 valence electrons. The average molecular weight is 185 g/mol. The van der Waals surface area contributed by atoms with Crippen LogP contribution >= 0.6 is 8.03 Å². The summed E-state index contributed by atoms with van der Waals surface area (Å²) in [5, 5.41) is 0. The molecule has 2 nitrogen and oxygen atoms in total. The molecule has 0 aliphatic rings. The molecule has 12 heavy (non-hydrogen) atoms. The average Bonchev–Trinajstić information content (AvgIpc) is 2.08. The lowest BCUT2D eigenvalue weighted by Gasteiger charge is -1.87. The second kappa shape index (κ2) is 6.81. The Hall–Kier alpha value is -0.880. The smallest absolute Gasteiger partial charge is 0.255 e. The summed E-state index contributed by atoms with van der Waals surface area (Å²) in [5.41, 5.74) is 0. The molecule has 0 N–H and O–H groups in total. The Kier molecular flexibility index (Phi) is 6.31. The minimum absolute atomic E-state index is 0.658. The maximum absolute atomic E-state index is 10.5. The van der Waals surface area contributed by atoms with Crippen molar-refractivity contribution in [2.24, 2.45) is 0 Å². The molecule has 0 bridgehead atoms. The third-order valence-corrected chi connectivity index (χ3v) is 1.45. The van der Waals surface area contributed by atoms with E-state index in [4.69, 9.17) is 4.52 Å². The summed E-state index contributed by atoms with van der Waals surface area (Å²) in [6.45, 7) is 5.53. The SMILES string of the molecule is CC.C[P+](=O)Oc1ccccc1. The first kappa shape index (κ1) is 11.1. The van der Waals surface area contributed by atoms with Gasteiger partial charge in [0.1, 0.15) is 0 Å². The van der Waals surface area contributed by atoms with E-state index in [2.05, 4.69) is 0 Å². The second-order valence-corrected chi connectivity index (χ2v) is 2.91. The molecule has 0 aromatic heterocycles. The van der Waals surface area contributed by atoms with Crippen LogP contribution in [0.4, 0.5) is 0 Å². The predicted molar refractivity (Wildman–Crippen MR) is 51.9 cm³/mol. The summed E-state index contributed by atoms with van der Waals surface area (Å²) >= 11 is 0. The minimum atomic E-state index is -1.53. The van der Waals surface area contributed by atoms with Crippen LogP contribution in [-0.4, -0.2) is 6.66 Å². The van der Waals surface area contributed by atoms with Gasteiger partial charge in [-0.2, -0.15) is 0 Å². The highest BCUT2D eigenvalue weighted by Crippen LogP contribution is 2.21. The Morgan fingerprint density at radius 3 is 2.08 bits per heavy atom. The van der Waals surface area contributed by atoms with Crippen molar-refractivity contribution in [2.75, 3.05) is 6.66 Å². The van der Waals surface area contributed by atoms with Gasteiger partial charge in [-0.15, -0.1) is 0 Å². The van der Waals surface area contributed by atoms with E-state index in [1.54, 1.807) is 12.1 Å². The molecule has 1 atom stereocenters. The summed E-state index contributed by atoms with van der Waals surface area (Å²) in [6.07, 6.45) is 0. The third kappa shape index (κ3) is 4.86. The first-order chi connectivity index (χ1) is 5.79. The molecule has 0 fully saturated rings. The number of para-hydroxylation sites is 1. The van der Waals surface area contributed by atoms with E-state index in [1.807, 2.05) is 32.0 Å². The molecule has 0 radical (unpaired) electrons. The maximum Gasteiger partial charge on any atom is 0.552 e. The van der Waals surface area contributed by atoms with E-state index in [0.29, 0.717) is 5.75 Å². The van der Waals surface area contributed by atoms with Gasteiger partial charge in [-0.25, -0.2) is 0 Å². The molecule has 0 spiro atoms. The molecule has 0 amide bonds. The van der Waals surface area contributed by atoms with E-state index in [1.165, 1.54) is 6.66 Å². The molecule has 1 aromatic rings. The highest BCUT2D eigenvalue weighted by atomic mass is 31.1. The first-order valence-electron chi connectivity index (χ1n) is 3.93. The topological polar surface area (TPSA) is 26.3 Å². The van der Waals surface area contributed by atoms with Crippen molar-refractivity contribution in [1.82, 2.24) is 0 Å². The standard InChI is InChI=1S/C7H8O2P.C2H6/c1-10(8)9-7-5-3-2-4-6-7;1-2/h2-6H,1H3;1-2H3/q+1;. The van der Waals surface area contributed by atoms with Crippen LogP contribution in [0.3, 0.4) is 0 Å². The van der Waals surface area contributed by atoms with Crippen LogP contribution in [0.25, 0.3) is 0 Å². The van der Waals surface area contributed by atoms with Crippen molar-refractivity contribution in [1.29, 1.82) is 0 Å². The quantitative estimate of drug-likeness (QED) is 0.659. The fourth-order valence-electron chi connectivity index (χ4n) is 0.630. The van der Waals surface area contributed by atoms with Crippen LogP contribution in [0.15, 0.2) is 30.3 Å². The van der Waals surface area contributed by atoms with E-state index in [0.717, 1.165) is 0 Å². The number of hydrogen-bond donors (Lipinski definition) is 0. The summed E-state index contributed by atoms with van der Waals surface area (Å²) in [6, 6.07) is 9.12. The van der Waals surface area contributed by atoms with E-state index < -0.39 is 8.03 Å². The van der Waals surface area contributed by atoms with Gasteiger partial charge < -0.3 is 0 Å². The van der Waals surface area contributed by atoms with Crippen molar-refractivity contribution in [3.63, 3.8) is 0 Å². The third-order valence-electron chi connectivity index (χ3n) is 0.977. The molecule has 0 aliphatic heterocycles. The maximum atomic E-state index is 10.5. The van der Waals surface area contributed by atoms with Gasteiger partial charge in [0.2, 0.25) is 0 Å². The Labute approximate surface area is 74.4 Å². The molecule has 0 saturated carbocycles. The van der Waals surface area contributed by atoms with Crippen LogP contribution < -0.4 is 4.52 Å². The molecule has 1 aromatic carbocycles. The molecule has 0 heterocycles. The zero-order valence-electron chi connectivity index (χ0n) is 7.65. The van der Waals surface area contributed by atoms with Gasteiger partial charge in [-0.3, -0.25) is 4.52 Å². The molecular formula is C9H14O2P+. The normalized spacial score (nSPS) is 9.42. The van der Waals surface area contributed by atoms with Gasteiger partial charge in [-0.05, 0) is 16.7 Å². The zero-order valence-corrected chi connectivity index (χ0v) is 8.54. The van der Waals surface area contributed by atoms with Gasteiger partial charge in [0, 0.05) is 0 Å². The zero-order chi connectivity index (χ0) is 9.40. The van der Waals surface area contributed by atoms with Crippen molar-refractivity contribution in [3.8, 4) is 5.75 Å². The van der Waals surface area contributed by atoms with Crippen molar-refractivity contribution >= 4 is 8.03 Å². The van der Waals surface area contributed by atoms with Crippen molar-refractivity contribution in [3.05, 3.63) is 30.3 Å². The summed E-state index contributed by atoms with van der Waals surface area (Å²) < 4.78 is 15.5. The van der Waals surface area contributed by atoms with Crippen molar-refractivity contribution in [2.45, 2.75) is 13.8 Å². The van der Waals surface area contributed by atoms with Crippen LogP contribution in [0.1, 0.15) is 13.8 Å². The van der Waals surface area contributed by atoms with Crippen LogP contribution in [0.2, 0.25) is 0 Å². The summed E-state index contributed by atoms with van der Waals surface area (Å²) in [4.78, 5) is 0. The molecular weight excluding hydrogens is 171 g/mol. The highest BCUT2D eigenvalue weighted by molar-refractivity contribution is 7.38. The number of benzene rings is 1. The van der Waals surface area contributed by atoms with Gasteiger partial charge in [0.15, 0.2) is 12.4 Å². The minimum Gasteiger partial charge on any atom is -0.255 e. The van der Waals surface area contributed by atoms with E-state index >= 15 is 0 Å². The Balaban J connectivity index is 0.000000561. The van der Waals surface area contributed by atoms with Gasteiger partial charge >= 0.3 is 8.03 Å². The fourth-order valence-corrected chi connectivity index (χ4v) is 1.05. The van der Waals surface area contributed by atoms with E-state index in [-0.39, 0.29) is 0 Å². The first-order valence-corrected chi connectivity index (χ1v) is 5.55. The summed E-state index contributed by atoms with van der Waals surface area (Å²) in [5.74, 6) is 0.658. The van der Waals surface area contributed by atoms with E-state index in [9.17, 15) is 4.57 Å². The number of rotatable bonds is 2. The molecule has 3 heteroatoms.